The van der Waals surface area contributed by atoms with E-state index in [9.17, 15) is 5.11 Å². The molecule has 2 atom stereocenters. The van der Waals surface area contributed by atoms with E-state index >= 15 is 0 Å². The number of rotatable bonds is 5. The molecule has 3 aromatic rings. The summed E-state index contributed by atoms with van der Waals surface area (Å²) >= 11 is 0. The van der Waals surface area contributed by atoms with E-state index in [1.54, 1.807) is 7.11 Å². The normalized spacial score (nSPS) is 20.5. The molecule has 2 N–H and O–H groups in total. The van der Waals surface area contributed by atoms with Gasteiger partial charge in [-0.15, -0.1) is 0 Å². The van der Waals surface area contributed by atoms with E-state index < -0.39 is 6.10 Å². The van der Waals surface area contributed by atoms with E-state index in [1.807, 2.05) is 24.3 Å². The van der Waals surface area contributed by atoms with Gasteiger partial charge >= 0.3 is 0 Å². The predicted molar refractivity (Wildman–Crippen MR) is 113 cm³/mol. The van der Waals surface area contributed by atoms with Crippen LogP contribution >= 0.6 is 0 Å². The number of piperidine rings is 1. The number of aliphatic hydroxyl groups is 1. The Morgan fingerprint density at radius 3 is 2.71 bits per heavy atom. The number of aliphatic hydroxyl groups excluding tert-OH is 1. The first-order chi connectivity index (χ1) is 13.7. The zero-order valence-corrected chi connectivity index (χ0v) is 16.6. The van der Waals surface area contributed by atoms with E-state index in [-0.39, 0.29) is 5.92 Å². The quantitative estimate of drug-likeness (QED) is 0.636. The summed E-state index contributed by atoms with van der Waals surface area (Å²) in [4.78, 5) is 5.85. The number of H-pyrrole nitrogens is 1. The van der Waals surface area contributed by atoms with Crippen LogP contribution in [0.2, 0.25) is 0 Å². The van der Waals surface area contributed by atoms with Crippen molar-refractivity contribution in [2.24, 2.45) is 5.92 Å². The minimum atomic E-state index is -0.498. The summed E-state index contributed by atoms with van der Waals surface area (Å²) in [5, 5.41) is 12.2. The highest BCUT2D eigenvalue weighted by atomic mass is 16.5. The number of nitrogens with zero attached hydrogens (tertiary/aromatic N) is 1. The summed E-state index contributed by atoms with van der Waals surface area (Å²) in [5.74, 6) is 1.04. The van der Waals surface area contributed by atoms with Gasteiger partial charge in [0.1, 0.15) is 11.9 Å². The molecule has 1 unspecified atom stereocenters. The minimum Gasteiger partial charge on any atom is -0.497 e. The van der Waals surface area contributed by atoms with Crippen LogP contribution in [0.25, 0.3) is 10.9 Å². The van der Waals surface area contributed by atoms with Gasteiger partial charge in [-0.1, -0.05) is 42.0 Å². The second-order valence-corrected chi connectivity index (χ2v) is 7.57. The topological polar surface area (TPSA) is 48.5 Å². The van der Waals surface area contributed by atoms with Crippen molar-refractivity contribution in [3.8, 4) is 5.75 Å². The zero-order valence-electron chi connectivity index (χ0n) is 16.6. The van der Waals surface area contributed by atoms with Gasteiger partial charge in [-0.3, -0.25) is 4.90 Å². The maximum atomic E-state index is 11.1. The van der Waals surface area contributed by atoms with Gasteiger partial charge in [0.15, 0.2) is 0 Å². The van der Waals surface area contributed by atoms with Crippen LogP contribution in [0, 0.1) is 5.92 Å². The van der Waals surface area contributed by atoms with Crippen molar-refractivity contribution in [1.29, 1.82) is 0 Å². The van der Waals surface area contributed by atoms with Gasteiger partial charge < -0.3 is 14.8 Å². The van der Waals surface area contributed by atoms with Crippen LogP contribution in [0.1, 0.15) is 30.7 Å². The monoisotopic (exact) mass is 376 g/mol. The van der Waals surface area contributed by atoms with Gasteiger partial charge in [-0.25, -0.2) is 0 Å². The minimum absolute atomic E-state index is 0.158. The largest absolute Gasteiger partial charge is 0.497 e. The van der Waals surface area contributed by atoms with E-state index in [4.69, 9.17) is 4.74 Å². The Labute approximate surface area is 166 Å². The number of allylic oxidation sites excluding steroid dienone is 1. The van der Waals surface area contributed by atoms with Crippen LogP contribution in [0.5, 0.6) is 5.75 Å². The number of fused-ring (bicyclic) bond motifs is 1. The summed E-state index contributed by atoms with van der Waals surface area (Å²) in [6, 6.07) is 18.5. The van der Waals surface area contributed by atoms with E-state index in [0.29, 0.717) is 0 Å². The smallest absolute Gasteiger partial charge is 0.118 e. The first-order valence-corrected chi connectivity index (χ1v) is 9.94. The number of hydrogen-bond donors (Lipinski definition) is 2. The van der Waals surface area contributed by atoms with Gasteiger partial charge in [-0.05, 0) is 55.1 Å². The molecule has 0 aliphatic carbocycles. The van der Waals surface area contributed by atoms with Gasteiger partial charge in [0.2, 0.25) is 0 Å². The lowest BCUT2D eigenvalue weighted by Crippen LogP contribution is -2.37. The number of aromatic nitrogens is 1. The molecular formula is C24H28N2O2. The van der Waals surface area contributed by atoms with Gasteiger partial charge in [0, 0.05) is 30.2 Å². The Balaban J connectivity index is 1.45. The van der Waals surface area contributed by atoms with Crippen LogP contribution in [0.3, 0.4) is 0 Å². The van der Waals surface area contributed by atoms with Crippen LogP contribution in [0.4, 0.5) is 0 Å². The molecule has 0 saturated carbocycles. The summed E-state index contributed by atoms with van der Waals surface area (Å²) < 4.78 is 5.24. The number of benzene rings is 2. The van der Waals surface area contributed by atoms with Crippen LogP contribution in [0.15, 0.2) is 66.2 Å². The Bertz CT molecular complexity index is 925. The van der Waals surface area contributed by atoms with Crippen LogP contribution in [-0.4, -0.2) is 35.2 Å². The number of aromatic amines is 1. The molecule has 1 aromatic heterocycles. The van der Waals surface area contributed by atoms with Gasteiger partial charge in [-0.2, -0.15) is 0 Å². The van der Waals surface area contributed by atoms with Gasteiger partial charge in [0.25, 0.3) is 0 Å². The lowest BCUT2D eigenvalue weighted by Gasteiger charge is -2.36. The third-order valence-electron chi connectivity index (χ3n) is 5.83. The Morgan fingerprint density at radius 2 is 2.00 bits per heavy atom. The molecule has 1 aliphatic rings. The predicted octanol–water partition coefficient (Wildman–Crippen LogP) is 4.68. The summed E-state index contributed by atoms with van der Waals surface area (Å²) in [6.45, 7) is 4.86. The average molecular weight is 377 g/mol. The molecule has 28 heavy (non-hydrogen) atoms. The first-order valence-electron chi connectivity index (χ1n) is 9.94. The zero-order chi connectivity index (χ0) is 19.5. The third kappa shape index (κ3) is 3.84. The highest BCUT2D eigenvalue weighted by molar-refractivity contribution is 5.80. The summed E-state index contributed by atoms with van der Waals surface area (Å²) in [5.41, 5.74) is 4.58. The van der Waals surface area contributed by atoms with Crippen molar-refractivity contribution in [3.05, 3.63) is 77.5 Å². The molecule has 0 amide bonds. The maximum Gasteiger partial charge on any atom is 0.118 e. The fourth-order valence-electron chi connectivity index (χ4n) is 4.22. The van der Waals surface area contributed by atoms with E-state index in [1.165, 1.54) is 11.1 Å². The molecule has 1 saturated heterocycles. The molecule has 4 heteroatoms. The fraction of sp³-hybridized carbons (Fsp3) is 0.333. The summed E-state index contributed by atoms with van der Waals surface area (Å²) in [6.07, 6.45) is 2.63. The molecule has 1 fully saturated rings. The Morgan fingerprint density at radius 1 is 1.21 bits per heavy atom. The van der Waals surface area contributed by atoms with E-state index in [0.717, 1.165) is 48.4 Å². The van der Waals surface area contributed by atoms with Crippen molar-refractivity contribution in [2.75, 3.05) is 20.2 Å². The Hall–Kier alpha value is -2.56. The van der Waals surface area contributed by atoms with Crippen LogP contribution < -0.4 is 4.74 Å². The fourth-order valence-corrected chi connectivity index (χ4v) is 4.22. The molecule has 146 valence electrons. The number of hydrogen-bond acceptors (Lipinski definition) is 3. The SMILES string of the molecule is C/C=C1/CN(Cc2ccc(OC)cc2)CC[C@@H]1C(O)c1cc2ccccc2[nH]1. The van der Waals surface area contributed by atoms with Crippen molar-refractivity contribution in [2.45, 2.75) is 26.0 Å². The average Bonchev–Trinajstić information content (AvgIpc) is 3.18. The number of nitrogens with one attached hydrogen (secondary N) is 1. The highest BCUT2D eigenvalue weighted by Gasteiger charge is 2.30. The lowest BCUT2D eigenvalue weighted by atomic mass is 9.84. The van der Waals surface area contributed by atoms with Crippen molar-refractivity contribution >= 4 is 10.9 Å². The standard InChI is InChI=1S/C24H28N2O2/c1-3-18-16-26(15-17-8-10-20(28-2)11-9-17)13-12-21(18)24(27)23-14-19-6-4-5-7-22(19)25-23/h3-11,14,21,24-25,27H,12-13,15-16H2,1-2H3/b18-3-/t21-,24?/m0/s1. The van der Waals surface area contributed by atoms with Gasteiger partial charge in [0.05, 0.1) is 7.11 Å². The molecule has 0 radical (unpaired) electrons. The number of methoxy groups -OCH3 is 1. The Kier molecular flexibility index (Phi) is 5.51. The molecular weight excluding hydrogens is 348 g/mol. The number of para-hydroxylation sites is 1. The maximum absolute atomic E-state index is 11.1. The van der Waals surface area contributed by atoms with Crippen molar-refractivity contribution in [1.82, 2.24) is 9.88 Å². The molecule has 1 aliphatic heterocycles. The molecule has 2 heterocycles. The van der Waals surface area contributed by atoms with Crippen LogP contribution in [-0.2, 0) is 6.54 Å². The van der Waals surface area contributed by atoms with Crippen molar-refractivity contribution < 1.29 is 9.84 Å². The summed E-state index contributed by atoms with van der Waals surface area (Å²) in [7, 11) is 1.69. The molecule has 4 nitrogen and oxygen atoms in total. The molecule has 2 aromatic carbocycles. The molecule has 4 rings (SSSR count). The number of ether oxygens (including phenoxy) is 1. The highest BCUT2D eigenvalue weighted by Crippen LogP contribution is 2.35. The third-order valence-corrected chi connectivity index (χ3v) is 5.83. The molecule has 0 spiro atoms. The van der Waals surface area contributed by atoms with Crippen molar-refractivity contribution in [3.63, 3.8) is 0 Å². The number of likely N-dealkylation sites (tertiary alicyclic amines) is 1. The molecule has 0 bridgehead atoms. The second-order valence-electron chi connectivity index (χ2n) is 7.57. The first kappa shape index (κ1) is 18.8. The lowest BCUT2D eigenvalue weighted by molar-refractivity contribution is 0.0875. The van der Waals surface area contributed by atoms with E-state index in [2.05, 4.69) is 53.2 Å². The second kappa shape index (κ2) is 8.21.